The number of aryl methyl sites for hydroxylation is 1. The Balaban J connectivity index is 1.63. The standard InChI is InChI=1S/C20H18F2N2O2S/c1-12(14-3-5-15(21)6-4-14)24-20(25)19-13(2)23-18(27-19)11-26-17-9-7-16(22)8-10-17/h3-10,12H,11H2,1-2H3,(H,24,25). The molecule has 0 fully saturated rings. The van der Waals surface area contributed by atoms with E-state index in [0.717, 1.165) is 5.56 Å². The Morgan fingerprint density at radius 1 is 1.11 bits per heavy atom. The fourth-order valence-corrected chi connectivity index (χ4v) is 3.38. The molecule has 0 aliphatic rings. The highest BCUT2D eigenvalue weighted by Crippen LogP contribution is 2.22. The lowest BCUT2D eigenvalue weighted by Crippen LogP contribution is -2.26. The number of halogens is 2. The Labute approximate surface area is 159 Å². The van der Waals surface area contributed by atoms with Gasteiger partial charge in [0.25, 0.3) is 5.91 Å². The highest BCUT2D eigenvalue weighted by Gasteiger charge is 2.18. The molecule has 0 aliphatic heterocycles. The zero-order valence-corrected chi connectivity index (χ0v) is 15.6. The van der Waals surface area contributed by atoms with E-state index in [1.54, 1.807) is 19.1 Å². The minimum atomic E-state index is -0.332. The molecular weight excluding hydrogens is 370 g/mol. The third-order valence-electron chi connectivity index (χ3n) is 3.94. The zero-order chi connectivity index (χ0) is 19.4. The number of ether oxygens (including phenoxy) is 1. The lowest BCUT2D eigenvalue weighted by Gasteiger charge is -2.13. The average molecular weight is 388 g/mol. The van der Waals surface area contributed by atoms with Crippen LogP contribution in [0.25, 0.3) is 0 Å². The predicted octanol–water partition coefficient (Wildman–Crippen LogP) is 4.80. The lowest BCUT2D eigenvalue weighted by molar-refractivity contribution is 0.0943. The molecule has 1 atom stereocenters. The van der Waals surface area contributed by atoms with Crippen molar-refractivity contribution in [3.8, 4) is 5.75 Å². The molecule has 1 heterocycles. The molecule has 2 aromatic carbocycles. The average Bonchev–Trinajstić information content (AvgIpc) is 3.02. The van der Waals surface area contributed by atoms with E-state index in [4.69, 9.17) is 4.74 Å². The van der Waals surface area contributed by atoms with Gasteiger partial charge in [-0.3, -0.25) is 4.79 Å². The quantitative estimate of drug-likeness (QED) is 0.660. The van der Waals surface area contributed by atoms with Crippen LogP contribution in [0.1, 0.15) is 38.9 Å². The van der Waals surface area contributed by atoms with E-state index in [9.17, 15) is 13.6 Å². The number of nitrogens with one attached hydrogen (secondary N) is 1. The van der Waals surface area contributed by atoms with Crippen LogP contribution in [-0.2, 0) is 6.61 Å². The van der Waals surface area contributed by atoms with E-state index in [-0.39, 0.29) is 30.2 Å². The van der Waals surface area contributed by atoms with Gasteiger partial charge in [0.2, 0.25) is 0 Å². The second-order valence-electron chi connectivity index (χ2n) is 6.01. The Morgan fingerprint density at radius 3 is 2.33 bits per heavy atom. The number of hydrogen-bond acceptors (Lipinski definition) is 4. The van der Waals surface area contributed by atoms with E-state index >= 15 is 0 Å². The van der Waals surface area contributed by atoms with Crippen LogP contribution in [-0.4, -0.2) is 10.9 Å². The summed E-state index contributed by atoms with van der Waals surface area (Å²) in [7, 11) is 0. The molecular formula is C20H18F2N2O2S. The molecule has 1 amide bonds. The molecule has 0 saturated heterocycles. The van der Waals surface area contributed by atoms with E-state index < -0.39 is 0 Å². The van der Waals surface area contributed by atoms with Crippen molar-refractivity contribution in [3.05, 3.63) is 81.3 Å². The number of nitrogens with zero attached hydrogens (tertiary/aromatic N) is 1. The van der Waals surface area contributed by atoms with Crippen molar-refractivity contribution in [2.24, 2.45) is 0 Å². The van der Waals surface area contributed by atoms with Gasteiger partial charge in [-0.15, -0.1) is 11.3 Å². The van der Waals surface area contributed by atoms with Gasteiger partial charge >= 0.3 is 0 Å². The minimum Gasteiger partial charge on any atom is -0.486 e. The van der Waals surface area contributed by atoms with Gasteiger partial charge in [-0.25, -0.2) is 13.8 Å². The topological polar surface area (TPSA) is 51.2 Å². The summed E-state index contributed by atoms with van der Waals surface area (Å²) in [5.74, 6) is -0.363. The molecule has 4 nitrogen and oxygen atoms in total. The summed E-state index contributed by atoms with van der Waals surface area (Å²) in [6.07, 6.45) is 0. The van der Waals surface area contributed by atoms with Crippen molar-refractivity contribution in [2.75, 3.05) is 0 Å². The minimum absolute atomic E-state index is 0.192. The Kier molecular flexibility index (Phi) is 5.81. The molecule has 0 bridgehead atoms. The Hall–Kier alpha value is -2.80. The van der Waals surface area contributed by atoms with Crippen LogP contribution in [0.2, 0.25) is 0 Å². The first kappa shape index (κ1) is 19.0. The van der Waals surface area contributed by atoms with Crippen molar-refractivity contribution in [2.45, 2.75) is 26.5 Å². The summed E-state index contributed by atoms with van der Waals surface area (Å²) >= 11 is 1.25. The largest absolute Gasteiger partial charge is 0.486 e. The highest BCUT2D eigenvalue weighted by atomic mass is 32.1. The van der Waals surface area contributed by atoms with Crippen LogP contribution in [0.4, 0.5) is 8.78 Å². The van der Waals surface area contributed by atoms with Gasteiger partial charge in [0.15, 0.2) is 0 Å². The summed E-state index contributed by atoms with van der Waals surface area (Å²) in [5, 5.41) is 3.54. The van der Waals surface area contributed by atoms with Gasteiger partial charge < -0.3 is 10.1 Å². The zero-order valence-electron chi connectivity index (χ0n) is 14.8. The number of benzene rings is 2. The summed E-state index contributed by atoms with van der Waals surface area (Å²) in [6.45, 7) is 3.79. The highest BCUT2D eigenvalue weighted by molar-refractivity contribution is 7.13. The maximum Gasteiger partial charge on any atom is 0.263 e. The van der Waals surface area contributed by atoms with Crippen LogP contribution >= 0.6 is 11.3 Å². The monoisotopic (exact) mass is 388 g/mol. The normalized spacial score (nSPS) is 11.9. The molecule has 1 N–H and O–H groups in total. The Bertz CT molecular complexity index is 924. The molecule has 0 spiro atoms. The number of carbonyl (C=O) groups is 1. The van der Waals surface area contributed by atoms with Gasteiger partial charge in [-0.05, 0) is 55.8 Å². The fraction of sp³-hybridized carbons (Fsp3) is 0.200. The molecule has 1 unspecified atom stereocenters. The first-order chi connectivity index (χ1) is 12.9. The summed E-state index contributed by atoms with van der Waals surface area (Å²) < 4.78 is 31.5. The number of thiazole rings is 1. The summed E-state index contributed by atoms with van der Waals surface area (Å²) in [6, 6.07) is 11.4. The molecule has 0 radical (unpaired) electrons. The number of hydrogen-bond donors (Lipinski definition) is 1. The van der Waals surface area contributed by atoms with Gasteiger partial charge in [0, 0.05) is 0 Å². The summed E-state index contributed by atoms with van der Waals surface area (Å²) in [5.41, 5.74) is 1.42. The molecule has 3 rings (SSSR count). The third-order valence-corrected chi connectivity index (χ3v) is 5.07. The van der Waals surface area contributed by atoms with Crippen LogP contribution < -0.4 is 10.1 Å². The maximum absolute atomic E-state index is 13.0. The van der Waals surface area contributed by atoms with Crippen LogP contribution in [0.15, 0.2) is 48.5 Å². The van der Waals surface area contributed by atoms with Crippen molar-refractivity contribution < 1.29 is 18.3 Å². The molecule has 27 heavy (non-hydrogen) atoms. The second kappa shape index (κ2) is 8.26. The Morgan fingerprint density at radius 2 is 1.70 bits per heavy atom. The smallest absolute Gasteiger partial charge is 0.263 e. The van der Waals surface area contributed by atoms with E-state index in [0.29, 0.717) is 21.3 Å². The molecule has 0 aliphatic carbocycles. The number of rotatable bonds is 6. The molecule has 140 valence electrons. The van der Waals surface area contributed by atoms with Crippen molar-refractivity contribution in [1.29, 1.82) is 0 Å². The second-order valence-corrected chi connectivity index (χ2v) is 7.10. The van der Waals surface area contributed by atoms with Crippen molar-refractivity contribution in [1.82, 2.24) is 10.3 Å². The maximum atomic E-state index is 13.0. The van der Waals surface area contributed by atoms with Gasteiger partial charge in [0.1, 0.15) is 33.9 Å². The molecule has 0 saturated carbocycles. The molecule has 7 heteroatoms. The fourth-order valence-electron chi connectivity index (χ4n) is 2.50. The van der Waals surface area contributed by atoms with E-state index in [1.807, 2.05) is 6.92 Å². The SMILES string of the molecule is Cc1nc(COc2ccc(F)cc2)sc1C(=O)NC(C)c1ccc(F)cc1. The number of aromatic nitrogens is 1. The third kappa shape index (κ3) is 4.89. The number of carbonyl (C=O) groups excluding carboxylic acids is 1. The molecule has 1 aromatic heterocycles. The van der Waals surface area contributed by atoms with Gasteiger partial charge in [-0.2, -0.15) is 0 Å². The molecule has 3 aromatic rings. The van der Waals surface area contributed by atoms with Crippen molar-refractivity contribution >= 4 is 17.2 Å². The van der Waals surface area contributed by atoms with Gasteiger partial charge in [0.05, 0.1) is 11.7 Å². The van der Waals surface area contributed by atoms with Crippen LogP contribution in [0.3, 0.4) is 0 Å². The van der Waals surface area contributed by atoms with E-state index in [1.165, 1.54) is 47.7 Å². The lowest BCUT2D eigenvalue weighted by atomic mass is 10.1. The van der Waals surface area contributed by atoms with Crippen LogP contribution in [0.5, 0.6) is 5.75 Å². The van der Waals surface area contributed by atoms with Crippen molar-refractivity contribution in [3.63, 3.8) is 0 Å². The summed E-state index contributed by atoms with van der Waals surface area (Å²) in [4.78, 5) is 17.4. The number of amides is 1. The van der Waals surface area contributed by atoms with Gasteiger partial charge in [-0.1, -0.05) is 12.1 Å². The van der Waals surface area contributed by atoms with E-state index in [2.05, 4.69) is 10.3 Å². The first-order valence-electron chi connectivity index (χ1n) is 8.33. The first-order valence-corrected chi connectivity index (χ1v) is 9.15. The van der Waals surface area contributed by atoms with Crippen LogP contribution in [0, 0.1) is 18.6 Å². The predicted molar refractivity (Wildman–Crippen MR) is 99.9 cm³/mol.